The quantitative estimate of drug-likeness (QED) is 0.354. The van der Waals surface area contributed by atoms with Crippen molar-refractivity contribution in [1.29, 1.82) is 0 Å². The van der Waals surface area contributed by atoms with Gasteiger partial charge in [-0.2, -0.15) is 0 Å². The van der Waals surface area contributed by atoms with Crippen LogP contribution in [0, 0.1) is 25.7 Å². The first kappa shape index (κ1) is 29.8. The van der Waals surface area contributed by atoms with Gasteiger partial charge in [0, 0.05) is 41.9 Å². The van der Waals surface area contributed by atoms with E-state index in [1.165, 1.54) is 0 Å². The van der Waals surface area contributed by atoms with Crippen LogP contribution in [0.3, 0.4) is 0 Å². The Bertz CT molecular complexity index is 833. The summed E-state index contributed by atoms with van der Waals surface area (Å²) in [6.45, 7) is 24.7. The van der Waals surface area contributed by atoms with Crippen molar-refractivity contribution in [2.24, 2.45) is 11.8 Å². The third-order valence-electron chi connectivity index (χ3n) is 7.69. The maximum atomic E-state index is 13.3. The smallest absolute Gasteiger partial charge is 0.200 e. The maximum absolute atomic E-state index is 13.3. The molecule has 0 saturated heterocycles. The molecule has 0 bridgehead atoms. The number of rotatable bonds is 12. The predicted octanol–water partition coefficient (Wildman–Crippen LogP) is 6.32. The van der Waals surface area contributed by atoms with Crippen LogP contribution >= 0.6 is 0 Å². The Kier molecular flexibility index (Phi) is 10.8. The van der Waals surface area contributed by atoms with Gasteiger partial charge in [0.25, 0.3) is 0 Å². The van der Waals surface area contributed by atoms with Crippen LogP contribution < -0.4 is 5.43 Å². The largest absolute Gasteiger partial charge is 0.465 e. The Hall–Kier alpha value is -1.24. The van der Waals surface area contributed by atoms with Crippen LogP contribution in [0.25, 0.3) is 0 Å². The minimum Gasteiger partial charge on any atom is -0.465 e. The predicted molar refractivity (Wildman–Crippen MR) is 139 cm³/mol. The molecule has 1 aromatic heterocycles. The Balaban J connectivity index is 3.06. The lowest BCUT2D eigenvalue weighted by Gasteiger charge is -2.42. The zero-order chi connectivity index (χ0) is 25.8. The molecule has 1 heterocycles. The SMILES string of the molecule is CCc1oc([C@@H](C)[C@@H](O)[C@H](C)C(=O)[C@H](C)CO[Si](C(C)C)(C(C)C)C(C)C)c(C)c(=O)c1C. The number of carbonyl (C=O) groups excluding carboxylic acids is 1. The molecular formula is C27H48O5Si. The zero-order valence-electron chi connectivity index (χ0n) is 23.0. The van der Waals surface area contributed by atoms with Gasteiger partial charge in [-0.3, -0.25) is 9.59 Å². The molecule has 0 aliphatic heterocycles. The van der Waals surface area contributed by atoms with E-state index >= 15 is 0 Å². The van der Waals surface area contributed by atoms with Gasteiger partial charge in [-0.25, -0.2) is 0 Å². The molecule has 0 aliphatic rings. The van der Waals surface area contributed by atoms with Gasteiger partial charge in [0.15, 0.2) is 13.7 Å². The number of Topliss-reactive ketones (excluding diaryl/α,β-unsaturated/α-hetero) is 1. The van der Waals surface area contributed by atoms with Crippen molar-refractivity contribution in [1.82, 2.24) is 0 Å². The normalized spacial score (nSPS) is 16.4. The third kappa shape index (κ3) is 6.07. The van der Waals surface area contributed by atoms with E-state index in [2.05, 4.69) is 41.5 Å². The van der Waals surface area contributed by atoms with Crippen LogP contribution in [-0.2, 0) is 15.6 Å². The summed E-state index contributed by atoms with van der Waals surface area (Å²) in [6.07, 6.45) is -0.343. The van der Waals surface area contributed by atoms with Crippen molar-refractivity contribution < 1.29 is 18.7 Å². The first-order valence-electron chi connectivity index (χ1n) is 12.6. The van der Waals surface area contributed by atoms with Crippen molar-refractivity contribution in [3.8, 4) is 0 Å². The lowest BCUT2D eigenvalue weighted by Crippen LogP contribution is -2.49. The second-order valence-electron chi connectivity index (χ2n) is 10.8. The van der Waals surface area contributed by atoms with E-state index in [0.717, 1.165) is 0 Å². The number of hydrogen-bond donors (Lipinski definition) is 1. The van der Waals surface area contributed by atoms with Crippen molar-refractivity contribution in [3.63, 3.8) is 0 Å². The van der Waals surface area contributed by atoms with Gasteiger partial charge >= 0.3 is 0 Å². The molecule has 33 heavy (non-hydrogen) atoms. The Morgan fingerprint density at radius 1 is 0.939 bits per heavy atom. The molecule has 0 amide bonds. The van der Waals surface area contributed by atoms with E-state index in [4.69, 9.17) is 8.84 Å². The van der Waals surface area contributed by atoms with E-state index in [0.29, 0.717) is 52.3 Å². The number of aliphatic hydroxyl groups excluding tert-OH is 1. The highest BCUT2D eigenvalue weighted by Gasteiger charge is 2.45. The molecule has 0 spiro atoms. The fourth-order valence-corrected chi connectivity index (χ4v) is 11.2. The average Bonchev–Trinajstić information content (AvgIpc) is 2.75. The van der Waals surface area contributed by atoms with Gasteiger partial charge in [-0.1, -0.05) is 69.2 Å². The van der Waals surface area contributed by atoms with Crippen LogP contribution in [0.5, 0.6) is 0 Å². The molecule has 5 nitrogen and oxygen atoms in total. The minimum atomic E-state index is -2.07. The van der Waals surface area contributed by atoms with Gasteiger partial charge in [-0.15, -0.1) is 0 Å². The molecule has 190 valence electrons. The van der Waals surface area contributed by atoms with Crippen molar-refractivity contribution in [2.45, 2.75) is 118 Å². The van der Waals surface area contributed by atoms with E-state index in [1.54, 1.807) is 20.8 Å². The summed E-state index contributed by atoms with van der Waals surface area (Å²) in [5, 5.41) is 11.1. The molecule has 0 radical (unpaired) electrons. The summed E-state index contributed by atoms with van der Waals surface area (Å²) in [6, 6.07) is 0. The van der Waals surface area contributed by atoms with Gasteiger partial charge in [0.05, 0.1) is 6.10 Å². The number of aliphatic hydroxyl groups is 1. The monoisotopic (exact) mass is 480 g/mol. The van der Waals surface area contributed by atoms with Crippen LogP contribution in [0.15, 0.2) is 9.21 Å². The zero-order valence-corrected chi connectivity index (χ0v) is 24.0. The number of hydrogen-bond acceptors (Lipinski definition) is 5. The van der Waals surface area contributed by atoms with E-state index < -0.39 is 26.3 Å². The van der Waals surface area contributed by atoms with Crippen molar-refractivity contribution in [2.75, 3.05) is 6.61 Å². The van der Waals surface area contributed by atoms with Crippen molar-refractivity contribution in [3.05, 3.63) is 32.9 Å². The maximum Gasteiger partial charge on any atom is 0.200 e. The Labute approximate surface area is 202 Å². The van der Waals surface area contributed by atoms with Crippen LogP contribution in [-0.4, -0.2) is 31.9 Å². The number of carbonyl (C=O) groups is 1. The molecule has 0 unspecified atom stereocenters. The summed E-state index contributed by atoms with van der Waals surface area (Å²) < 4.78 is 12.6. The molecule has 1 rings (SSSR count). The standard InChI is InChI=1S/C27H48O5Si/c1-13-23-19(9)25(29)21(11)27(32-23)22(12)26(30)20(10)24(28)18(8)14-31-33(15(2)3,16(4)5)17(6)7/h15-18,20,22,26,30H,13-14H2,1-12H3/t18-,20-,22+,26+/m1/s1. The molecule has 1 aromatic rings. The molecular weight excluding hydrogens is 432 g/mol. The third-order valence-corrected chi connectivity index (χ3v) is 13.8. The number of aryl methyl sites for hydroxylation is 1. The highest BCUT2D eigenvalue weighted by molar-refractivity contribution is 6.77. The van der Waals surface area contributed by atoms with Gasteiger partial charge < -0.3 is 13.9 Å². The topological polar surface area (TPSA) is 76.7 Å². The first-order chi connectivity index (χ1) is 15.1. The first-order valence-corrected chi connectivity index (χ1v) is 14.8. The lowest BCUT2D eigenvalue weighted by atomic mass is 9.84. The summed E-state index contributed by atoms with van der Waals surface area (Å²) in [5.41, 5.74) is 2.41. The molecule has 0 saturated carbocycles. The van der Waals surface area contributed by atoms with Crippen LogP contribution in [0.2, 0.25) is 16.6 Å². The minimum absolute atomic E-state index is 0.0173. The summed E-state index contributed by atoms with van der Waals surface area (Å²) >= 11 is 0. The molecule has 6 heteroatoms. The van der Waals surface area contributed by atoms with Gasteiger partial charge in [0.1, 0.15) is 17.3 Å². The molecule has 0 aromatic carbocycles. The second-order valence-corrected chi connectivity index (χ2v) is 16.3. The van der Waals surface area contributed by atoms with Gasteiger partial charge in [-0.05, 0) is 30.5 Å². The highest BCUT2D eigenvalue weighted by atomic mass is 28.4. The summed E-state index contributed by atoms with van der Waals surface area (Å²) in [4.78, 5) is 25.9. The Morgan fingerprint density at radius 2 is 1.42 bits per heavy atom. The molecule has 1 N–H and O–H groups in total. The lowest BCUT2D eigenvalue weighted by molar-refractivity contribution is -0.130. The summed E-state index contributed by atoms with van der Waals surface area (Å²) in [5.74, 6) is -0.283. The second kappa shape index (κ2) is 11.9. The van der Waals surface area contributed by atoms with E-state index in [1.807, 2.05) is 20.8 Å². The number of ketones is 1. The van der Waals surface area contributed by atoms with Crippen molar-refractivity contribution >= 4 is 14.1 Å². The molecule has 0 fully saturated rings. The summed E-state index contributed by atoms with van der Waals surface area (Å²) in [7, 11) is -2.07. The molecule has 0 aliphatic carbocycles. The highest BCUT2D eigenvalue weighted by Crippen LogP contribution is 2.42. The fourth-order valence-electron chi connectivity index (χ4n) is 5.63. The average molecular weight is 481 g/mol. The fraction of sp³-hybridized carbons (Fsp3) is 0.778. The van der Waals surface area contributed by atoms with E-state index in [-0.39, 0.29) is 17.1 Å². The van der Waals surface area contributed by atoms with Gasteiger partial charge in [0.2, 0.25) is 0 Å². The van der Waals surface area contributed by atoms with Crippen LogP contribution in [0.1, 0.15) is 97.8 Å². The van der Waals surface area contributed by atoms with E-state index in [9.17, 15) is 14.7 Å². The molecule has 4 atom stereocenters. The van der Waals surface area contributed by atoms with Crippen LogP contribution in [0.4, 0.5) is 0 Å². The Morgan fingerprint density at radius 3 is 1.85 bits per heavy atom.